The number of amidine groups is 1. The highest BCUT2D eigenvalue weighted by molar-refractivity contribution is 6.02. The first kappa shape index (κ1) is 8.44. The fraction of sp³-hybridized carbons (Fsp3) is 0.200. The molecule has 0 aromatic carbocycles. The van der Waals surface area contributed by atoms with E-state index in [2.05, 4.69) is 4.99 Å². The lowest BCUT2D eigenvalue weighted by molar-refractivity contribution is 0.104. The second-order valence-electron chi connectivity index (χ2n) is 2.04. The van der Waals surface area contributed by atoms with E-state index in [1.807, 2.05) is 0 Å². The Bertz CT molecular complexity index is 284. The lowest BCUT2D eigenvalue weighted by atomic mass is 10.2. The van der Waals surface area contributed by atoms with Crippen molar-refractivity contribution in [1.82, 2.24) is 5.32 Å². The number of aliphatic imine (C=N–C) groups is 1. The van der Waals surface area contributed by atoms with Crippen LogP contribution in [-0.2, 0) is 0 Å². The first-order chi connectivity index (χ1) is 5.48. The van der Waals surface area contributed by atoms with Crippen LogP contribution in [0.5, 0.6) is 0 Å². The van der Waals surface area contributed by atoms with Gasteiger partial charge < -0.3 is 16.2 Å². The molecule has 4 N–H and O–H groups in total. The molecule has 1 aliphatic rings. The van der Waals surface area contributed by atoms with Gasteiger partial charge in [-0.25, -0.2) is 4.79 Å². The molecule has 1 aliphatic heterocycles. The normalized spacial score (nSPS) is 25.0. The summed E-state index contributed by atoms with van der Waals surface area (Å²) in [4.78, 5) is 13.2. The second-order valence-corrected chi connectivity index (χ2v) is 2.04. The van der Waals surface area contributed by atoms with Crippen LogP contribution in [0, 0.1) is 0 Å². The molecule has 1 heterocycles. The summed E-state index contributed by atoms with van der Waals surface area (Å²) >= 11 is 0. The zero-order valence-electron chi connectivity index (χ0n) is 5.71. The number of nitrogens with one attached hydrogen (secondary N) is 1. The maximum absolute atomic E-state index is 12.7. The van der Waals surface area contributed by atoms with Crippen molar-refractivity contribution in [3.05, 3.63) is 12.0 Å². The van der Waals surface area contributed by atoms with Crippen LogP contribution >= 0.6 is 0 Å². The minimum absolute atomic E-state index is 0.0828. The maximum Gasteiger partial charge on any atom is 0.347 e. The minimum Gasteiger partial charge on any atom is -0.514 e. The molecule has 0 saturated heterocycles. The number of carbonyl (C=O) groups excluding carboxylic acids is 1. The van der Waals surface area contributed by atoms with Gasteiger partial charge in [-0.1, -0.05) is 0 Å². The molecule has 0 aromatic heterocycles. The molecule has 0 atom stereocenters. The van der Waals surface area contributed by atoms with Gasteiger partial charge in [-0.3, -0.25) is 0 Å². The highest BCUT2D eigenvalue weighted by Crippen LogP contribution is 2.24. The number of carbonyl (C=O) groups is 1. The summed E-state index contributed by atoms with van der Waals surface area (Å²) < 4.78 is 25.5. The molecule has 0 saturated carbocycles. The van der Waals surface area contributed by atoms with E-state index in [0.29, 0.717) is 0 Å². The van der Waals surface area contributed by atoms with Crippen LogP contribution in [-0.4, -0.2) is 22.9 Å². The van der Waals surface area contributed by atoms with Gasteiger partial charge in [0.25, 0.3) is 0 Å². The van der Waals surface area contributed by atoms with E-state index in [1.54, 1.807) is 5.32 Å². The van der Waals surface area contributed by atoms with Crippen molar-refractivity contribution in [1.29, 1.82) is 0 Å². The van der Waals surface area contributed by atoms with Crippen LogP contribution in [0.2, 0.25) is 0 Å². The number of aliphatic hydroxyl groups excluding tert-OH is 1. The van der Waals surface area contributed by atoms with Crippen LogP contribution in [0.4, 0.5) is 13.6 Å². The van der Waals surface area contributed by atoms with Crippen molar-refractivity contribution in [2.45, 2.75) is 5.92 Å². The topological polar surface area (TPSA) is 87.7 Å². The number of aliphatic hydroxyl groups is 1. The average Bonchev–Trinajstić information content (AvgIpc) is 1.97. The predicted molar refractivity (Wildman–Crippen MR) is 35.8 cm³/mol. The summed E-state index contributed by atoms with van der Waals surface area (Å²) in [7, 11) is 0. The molecule has 0 bridgehead atoms. The van der Waals surface area contributed by atoms with Crippen molar-refractivity contribution < 1.29 is 18.7 Å². The van der Waals surface area contributed by atoms with Crippen molar-refractivity contribution in [3.8, 4) is 0 Å². The molecule has 0 unspecified atom stereocenters. The smallest absolute Gasteiger partial charge is 0.347 e. The standard InChI is InChI=1S/C5H5F2N3O2/c6-5(7)2(1-11)9-4(12)10-3(5)8/h1,11H,(H3,8,9,10,12)/b2-1-. The number of alkyl halides is 2. The molecule has 0 aromatic rings. The van der Waals surface area contributed by atoms with Gasteiger partial charge >= 0.3 is 12.0 Å². The summed E-state index contributed by atoms with van der Waals surface area (Å²) in [5.74, 6) is -4.74. The van der Waals surface area contributed by atoms with E-state index in [4.69, 9.17) is 10.8 Å². The first-order valence-electron chi connectivity index (χ1n) is 2.86. The highest BCUT2D eigenvalue weighted by atomic mass is 19.3. The summed E-state index contributed by atoms with van der Waals surface area (Å²) in [6.07, 6.45) is 0.0828. The van der Waals surface area contributed by atoms with Gasteiger partial charge in [0.05, 0.1) is 0 Å². The third-order valence-electron chi connectivity index (χ3n) is 1.25. The number of hydrogen-bond acceptors (Lipinski definition) is 3. The number of amides is 2. The molecule has 1 rings (SSSR count). The predicted octanol–water partition coefficient (Wildman–Crippen LogP) is 0.102. The number of urea groups is 1. The molecule has 66 valence electrons. The van der Waals surface area contributed by atoms with Gasteiger partial charge in [-0.05, 0) is 0 Å². The Kier molecular flexibility index (Phi) is 1.71. The Morgan fingerprint density at radius 3 is 2.75 bits per heavy atom. The summed E-state index contributed by atoms with van der Waals surface area (Å²) in [6, 6.07) is -1.03. The van der Waals surface area contributed by atoms with Crippen molar-refractivity contribution in [3.63, 3.8) is 0 Å². The van der Waals surface area contributed by atoms with Gasteiger partial charge in [0.15, 0.2) is 5.84 Å². The van der Waals surface area contributed by atoms with Gasteiger partial charge in [0, 0.05) is 0 Å². The molecular formula is C5H5F2N3O2. The van der Waals surface area contributed by atoms with Crippen LogP contribution in [0.3, 0.4) is 0 Å². The Morgan fingerprint density at radius 2 is 2.25 bits per heavy atom. The van der Waals surface area contributed by atoms with Gasteiger partial charge in [-0.15, -0.1) is 0 Å². The third-order valence-corrected chi connectivity index (χ3v) is 1.25. The fourth-order valence-electron chi connectivity index (χ4n) is 0.653. The van der Waals surface area contributed by atoms with Gasteiger partial charge in [0.1, 0.15) is 12.0 Å². The largest absolute Gasteiger partial charge is 0.514 e. The number of hydrogen-bond donors (Lipinski definition) is 3. The van der Waals surface area contributed by atoms with Crippen LogP contribution in [0.1, 0.15) is 0 Å². The van der Waals surface area contributed by atoms with E-state index in [-0.39, 0.29) is 6.26 Å². The van der Waals surface area contributed by atoms with E-state index in [9.17, 15) is 13.6 Å². The first-order valence-corrected chi connectivity index (χ1v) is 2.86. The average molecular weight is 177 g/mol. The van der Waals surface area contributed by atoms with Crippen molar-refractivity contribution >= 4 is 11.9 Å². The fourth-order valence-corrected chi connectivity index (χ4v) is 0.653. The number of halogens is 2. The quantitative estimate of drug-likeness (QED) is 0.458. The summed E-state index contributed by atoms with van der Waals surface area (Å²) in [5.41, 5.74) is 3.78. The molecule has 0 fully saturated rings. The Hall–Kier alpha value is -1.66. The summed E-state index contributed by atoms with van der Waals surface area (Å²) in [5, 5.41) is 9.94. The van der Waals surface area contributed by atoms with Crippen LogP contribution in [0.15, 0.2) is 17.0 Å². The highest BCUT2D eigenvalue weighted by Gasteiger charge is 2.44. The molecule has 0 spiro atoms. The van der Waals surface area contributed by atoms with E-state index >= 15 is 0 Å². The minimum atomic E-state index is -3.61. The van der Waals surface area contributed by atoms with Gasteiger partial charge in [-0.2, -0.15) is 13.8 Å². The van der Waals surface area contributed by atoms with E-state index < -0.39 is 23.5 Å². The lowest BCUT2D eigenvalue weighted by Crippen LogP contribution is -2.48. The Labute approximate surface area is 65.6 Å². The van der Waals surface area contributed by atoms with E-state index in [1.165, 1.54) is 0 Å². The SMILES string of the molecule is NC1=NC(=O)N/C(=C\O)C1(F)F. The molecule has 7 heteroatoms. The second kappa shape index (κ2) is 2.43. The Balaban J connectivity index is 3.14. The zero-order valence-corrected chi connectivity index (χ0v) is 5.71. The molecule has 12 heavy (non-hydrogen) atoms. The van der Waals surface area contributed by atoms with Crippen molar-refractivity contribution in [2.75, 3.05) is 0 Å². The third kappa shape index (κ3) is 1.09. The van der Waals surface area contributed by atoms with E-state index in [0.717, 1.165) is 0 Å². The maximum atomic E-state index is 12.7. The molecular weight excluding hydrogens is 172 g/mol. The van der Waals surface area contributed by atoms with Gasteiger partial charge in [0.2, 0.25) is 0 Å². The molecule has 5 nitrogen and oxygen atoms in total. The monoisotopic (exact) mass is 177 g/mol. The lowest BCUT2D eigenvalue weighted by Gasteiger charge is -2.21. The zero-order chi connectivity index (χ0) is 9.35. The molecule has 0 aliphatic carbocycles. The number of nitrogens with zero attached hydrogens (tertiary/aromatic N) is 1. The number of nitrogens with two attached hydrogens (primary N) is 1. The molecule has 2 amide bonds. The van der Waals surface area contributed by atoms with Crippen LogP contribution < -0.4 is 11.1 Å². The number of rotatable bonds is 0. The van der Waals surface area contributed by atoms with Crippen LogP contribution in [0.25, 0.3) is 0 Å². The Morgan fingerprint density at radius 1 is 1.67 bits per heavy atom. The molecule has 0 radical (unpaired) electrons. The summed E-state index contributed by atoms with van der Waals surface area (Å²) in [6.45, 7) is 0. The van der Waals surface area contributed by atoms with Crippen molar-refractivity contribution in [2.24, 2.45) is 10.7 Å².